The third kappa shape index (κ3) is 4.64. The fourth-order valence-electron chi connectivity index (χ4n) is 2.40. The largest absolute Gasteiger partial charge is 0.352 e. The predicted molar refractivity (Wildman–Crippen MR) is 70.7 cm³/mol. The van der Waals surface area contributed by atoms with Gasteiger partial charge in [0.15, 0.2) is 0 Å². The maximum Gasteiger partial charge on any atom is 0.234 e. The highest BCUT2D eigenvalue weighted by molar-refractivity contribution is 5.78. The molecule has 0 radical (unpaired) electrons. The van der Waals surface area contributed by atoms with Crippen molar-refractivity contribution in [2.45, 2.75) is 52.1 Å². The molecule has 1 fully saturated rings. The lowest BCUT2D eigenvalue weighted by atomic mass is 10.0. The van der Waals surface area contributed by atoms with Crippen LogP contribution in [0, 0.1) is 5.92 Å². The molecule has 0 aromatic heterocycles. The van der Waals surface area contributed by atoms with Crippen molar-refractivity contribution in [3.05, 3.63) is 0 Å². The maximum atomic E-state index is 11.8. The number of nitrogens with zero attached hydrogens (tertiary/aromatic N) is 1. The molecule has 0 saturated carbocycles. The van der Waals surface area contributed by atoms with Crippen molar-refractivity contribution in [2.75, 3.05) is 19.6 Å². The second-order valence-electron chi connectivity index (χ2n) is 5.22. The molecule has 17 heavy (non-hydrogen) atoms. The average Bonchev–Trinajstić information content (AvgIpc) is 2.74. The van der Waals surface area contributed by atoms with Crippen molar-refractivity contribution in [1.29, 1.82) is 0 Å². The summed E-state index contributed by atoms with van der Waals surface area (Å²) in [6, 6.07) is 0.566. The van der Waals surface area contributed by atoms with E-state index in [4.69, 9.17) is 5.73 Å². The van der Waals surface area contributed by atoms with Crippen LogP contribution in [0.25, 0.3) is 0 Å². The second kappa shape index (κ2) is 6.97. The minimum atomic E-state index is 0.157. The van der Waals surface area contributed by atoms with Gasteiger partial charge in [0, 0.05) is 18.6 Å². The normalized spacial score (nSPS) is 23.0. The van der Waals surface area contributed by atoms with Crippen molar-refractivity contribution in [1.82, 2.24) is 10.2 Å². The van der Waals surface area contributed by atoms with E-state index in [9.17, 15) is 4.79 Å². The van der Waals surface area contributed by atoms with Crippen LogP contribution in [0.2, 0.25) is 0 Å². The van der Waals surface area contributed by atoms with E-state index in [1.165, 1.54) is 0 Å². The first-order valence-corrected chi connectivity index (χ1v) is 6.84. The van der Waals surface area contributed by atoms with Crippen molar-refractivity contribution >= 4 is 5.91 Å². The molecule has 0 aromatic rings. The van der Waals surface area contributed by atoms with E-state index in [2.05, 4.69) is 31.0 Å². The Morgan fingerprint density at radius 1 is 1.47 bits per heavy atom. The van der Waals surface area contributed by atoms with Crippen LogP contribution < -0.4 is 11.1 Å². The average molecular weight is 241 g/mol. The third-order valence-electron chi connectivity index (χ3n) is 3.77. The monoisotopic (exact) mass is 241 g/mol. The van der Waals surface area contributed by atoms with Crippen LogP contribution in [0.1, 0.15) is 40.0 Å². The van der Waals surface area contributed by atoms with E-state index >= 15 is 0 Å². The molecule has 1 rings (SSSR count). The summed E-state index contributed by atoms with van der Waals surface area (Å²) in [7, 11) is 0. The Balaban J connectivity index is 2.28. The van der Waals surface area contributed by atoms with Crippen LogP contribution in [-0.4, -0.2) is 42.5 Å². The molecule has 100 valence electrons. The van der Waals surface area contributed by atoms with Gasteiger partial charge in [0.25, 0.3) is 0 Å². The van der Waals surface area contributed by atoms with Crippen LogP contribution in [0.15, 0.2) is 0 Å². The highest BCUT2D eigenvalue weighted by atomic mass is 16.2. The van der Waals surface area contributed by atoms with E-state index in [-0.39, 0.29) is 11.9 Å². The first kappa shape index (κ1) is 14.5. The number of amides is 1. The predicted octanol–water partition coefficient (Wildman–Crippen LogP) is 0.960. The Kier molecular flexibility index (Phi) is 5.92. The molecule has 1 heterocycles. The molecule has 2 unspecified atom stereocenters. The second-order valence-corrected chi connectivity index (χ2v) is 5.22. The van der Waals surface area contributed by atoms with Gasteiger partial charge in [0.05, 0.1) is 6.54 Å². The SMILES string of the molecule is CCC(CC)NC(=O)CN1CCC(C(C)N)C1. The highest BCUT2D eigenvalue weighted by Crippen LogP contribution is 2.17. The molecule has 3 N–H and O–H groups in total. The molecule has 4 heteroatoms. The molecule has 2 atom stereocenters. The van der Waals surface area contributed by atoms with E-state index in [0.29, 0.717) is 18.5 Å². The van der Waals surface area contributed by atoms with E-state index < -0.39 is 0 Å². The summed E-state index contributed by atoms with van der Waals surface area (Å²) >= 11 is 0. The zero-order valence-corrected chi connectivity index (χ0v) is 11.4. The maximum absolute atomic E-state index is 11.8. The number of rotatable bonds is 6. The van der Waals surface area contributed by atoms with Gasteiger partial charge in [-0.25, -0.2) is 0 Å². The third-order valence-corrected chi connectivity index (χ3v) is 3.77. The van der Waals surface area contributed by atoms with Crippen molar-refractivity contribution < 1.29 is 4.79 Å². The number of nitrogens with one attached hydrogen (secondary N) is 1. The van der Waals surface area contributed by atoms with Gasteiger partial charge < -0.3 is 11.1 Å². The number of likely N-dealkylation sites (tertiary alicyclic amines) is 1. The van der Waals surface area contributed by atoms with Gasteiger partial charge >= 0.3 is 0 Å². The Labute approximate surface area is 105 Å². The molecule has 4 nitrogen and oxygen atoms in total. The minimum Gasteiger partial charge on any atom is -0.352 e. The Bertz CT molecular complexity index is 239. The molecule has 0 spiro atoms. The quantitative estimate of drug-likeness (QED) is 0.728. The summed E-state index contributed by atoms with van der Waals surface area (Å²) in [6.45, 7) is 8.77. The van der Waals surface area contributed by atoms with Crippen LogP contribution in [0.3, 0.4) is 0 Å². The molecular weight excluding hydrogens is 214 g/mol. The van der Waals surface area contributed by atoms with Crippen LogP contribution >= 0.6 is 0 Å². The smallest absolute Gasteiger partial charge is 0.234 e. The summed E-state index contributed by atoms with van der Waals surface area (Å²) in [4.78, 5) is 14.0. The first-order valence-electron chi connectivity index (χ1n) is 6.84. The minimum absolute atomic E-state index is 0.157. The topological polar surface area (TPSA) is 58.4 Å². The molecule has 0 aromatic carbocycles. The van der Waals surface area contributed by atoms with E-state index in [1.807, 2.05) is 0 Å². The number of hydrogen-bond donors (Lipinski definition) is 2. The Hall–Kier alpha value is -0.610. The molecule has 1 saturated heterocycles. The summed E-state index contributed by atoms with van der Waals surface area (Å²) in [6.07, 6.45) is 3.13. The lowest BCUT2D eigenvalue weighted by Gasteiger charge is -2.20. The van der Waals surface area contributed by atoms with Gasteiger partial charge in [-0.2, -0.15) is 0 Å². The summed E-state index contributed by atoms with van der Waals surface area (Å²) in [5, 5.41) is 3.08. The van der Waals surface area contributed by atoms with Crippen molar-refractivity contribution in [3.8, 4) is 0 Å². The lowest BCUT2D eigenvalue weighted by molar-refractivity contribution is -0.122. The number of nitrogens with two attached hydrogens (primary N) is 1. The van der Waals surface area contributed by atoms with Gasteiger partial charge in [-0.1, -0.05) is 13.8 Å². The molecular formula is C13H27N3O. The van der Waals surface area contributed by atoms with Gasteiger partial charge in [-0.15, -0.1) is 0 Å². The van der Waals surface area contributed by atoms with E-state index in [1.54, 1.807) is 0 Å². The van der Waals surface area contributed by atoms with Crippen LogP contribution in [0.4, 0.5) is 0 Å². The van der Waals surface area contributed by atoms with Gasteiger partial charge in [-0.05, 0) is 38.6 Å². The highest BCUT2D eigenvalue weighted by Gasteiger charge is 2.26. The fourth-order valence-corrected chi connectivity index (χ4v) is 2.40. The standard InChI is InChI=1S/C13H27N3O/c1-4-12(5-2)15-13(17)9-16-7-6-11(8-16)10(3)14/h10-12H,4-9,14H2,1-3H3,(H,15,17). The van der Waals surface area contributed by atoms with Gasteiger partial charge in [-0.3, -0.25) is 9.69 Å². The Morgan fingerprint density at radius 3 is 2.59 bits per heavy atom. The molecule has 1 aliphatic rings. The molecule has 0 bridgehead atoms. The number of hydrogen-bond acceptors (Lipinski definition) is 3. The van der Waals surface area contributed by atoms with Crippen molar-refractivity contribution in [3.63, 3.8) is 0 Å². The van der Waals surface area contributed by atoms with Gasteiger partial charge in [0.2, 0.25) is 5.91 Å². The Morgan fingerprint density at radius 2 is 2.12 bits per heavy atom. The van der Waals surface area contributed by atoms with E-state index in [0.717, 1.165) is 32.4 Å². The van der Waals surface area contributed by atoms with Crippen molar-refractivity contribution in [2.24, 2.45) is 11.7 Å². The van der Waals surface area contributed by atoms with Crippen LogP contribution in [-0.2, 0) is 4.79 Å². The van der Waals surface area contributed by atoms with Gasteiger partial charge in [0.1, 0.15) is 0 Å². The zero-order chi connectivity index (χ0) is 12.8. The number of carbonyl (C=O) groups is 1. The lowest BCUT2D eigenvalue weighted by Crippen LogP contribution is -2.41. The number of carbonyl (C=O) groups excluding carboxylic acids is 1. The summed E-state index contributed by atoms with van der Waals surface area (Å²) in [5.41, 5.74) is 5.89. The fraction of sp³-hybridized carbons (Fsp3) is 0.923. The molecule has 1 aliphatic heterocycles. The first-order chi connectivity index (χ1) is 8.06. The summed E-state index contributed by atoms with van der Waals surface area (Å²) < 4.78 is 0. The molecule has 0 aliphatic carbocycles. The van der Waals surface area contributed by atoms with Crippen LogP contribution in [0.5, 0.6) is 0 Å². The molecule has 1 amide bonds. The summed E-state index contributed by atoms with van der Waals surface area (Å²) in [5.74, 6) is 0.708. The zero-order valence-electron chi connectivity index (χ0n) is 11.4.